The first-order valence-corrected chi connectivity index (χ1v) is 11.6. The van der Waals surface area contributed by atoms with Gasteiger partial charge in [-0.2, -0.15) is 4.40 Å². The van der Waals surface area contributed by atoms with Crippen molar-refractivity contribution in [2.24, 2.45) is 4.40 Å². The van der Waals surface area contributed by atoms with Crippen molar-refractivity contribution in [1.82, 2.24) is 0 Å². The van der Waals surface area contributed by atoms with Gasteiger partial charge in [-0.3, -0.25) is 0 Å². The molecule has 1 aromatic rings. The van der Waals surface area contributed by atoms with Crippen LogP contribution in [-0.4, -0.2) is 23.5 Å². The Bertz CT molecular complexity index is 569. The molecule has 0 amide bonds. The van der Waals surface area contributed by atoms with Gasteiger partial charge in [0.2, 0.25) is 0 Å². The molecule has 0 unspecified atom stereocenters. The van der Waals surface area contributed by atoms with Crippen molar-refractivity contribution in [1.29, 1.82) is 0 Å². The van der Waals surface area contributed by atoms with E-state index in [1.54, 1.807) is 6.21 Å². The quantitative estimate of drug-likeness (QED) is 0.575. The normalized spacial score (nSPS) is 15.1. The van der Waals surface area contributed by atoms with E-state index >= 15 is 0 Å². The van der Waals surface area contributed by atoms with Crippen LogP contribution in [0.3, 0.4) is 0 Å². The molecule has 1 rings (SSSR count). The van der Waals surface area contributed by atoms with Crippen molar-refractivity contribution >= 4 is 25.5 Å². The highest BCUT2D eigenvalue weighted by atomic mass is 32.2. The van der Waals surface area contributed by atoms with Gasteiger partial charge in [0.15, 0.2) is 0 Å². The van der Waals surface area contributed by atoms with Gasteiger partial charge in [0, 0.05) is 11.8 Å². The predicted molar refractivity (Wildman–Crippen MR) is 99.8 cm³/mol. The van der Waals surface area contributed by atoms with Crippen molar-refractivity contribution in [2.45, 2.75) is 64.4 Å². The summed E-state index contributed by atoms with van der Waals surface area (Å²) in [4.78, 5) is 0. The van der Waals surface area contributed by atoms with E-state index in [9.17, 15) is 4.21 Å². The van der Waals surface area contributed by atoms with Crippen LogP contribution in [-0.2, 0) is 11.0 Å². The highest BCUT2D eigenvalue weighted by Gasteiger charge is 2.39. The monoisotopic (exact) mass is 339 g/mol. The maximum absolute atomic E-state index is 12.1. The van der Waals surface area contributed by atoms with Gasteiger partial charge in [0.25, 0.3) is 8.32 Å². The second-order valence-electron chi connectivity index (χ2n) is 8.00. The molecule has 5 heteroatoms. The Kier molecular flexibility index (Phi) is 5.79. The van der Waals surface area contributed by atoms with E-state index in [1.807, 2.05) is 45.0 Å². The molecule has 0 saturated heterocycles. The maximum Gasteiger partial charge on any atom is 0.250 e. The van der Waals surface area contributed by atoms with Crippen molar-refractivity contribution in [2.75, 3.05) is 0 Å². The van der Waals surface area contributed by atoms with Gasteiger partial charge in [-0.25, -0.2) is 4.21 Å². The van der Waals surface area contributed by atoms with Crippen LogP contribution >= 0.6 is 0 Å². The number of para-hydroxylation sites is 1. The number of hydrogen-bond acceptors (Lipinski definition) is 2. The van der Waals surface area contributed by atoms with E-state index in [1.165, 1.54) is 0 Å². The lowest BCUT2D eigenvalue weighted by Crippen LogP contribution is -2.44. The number of nitrogens with zero attached hydrogens (tertiary/aromatic N) is 1. The first-order valence-electron chi connectivity index (χ1n) is 7.59. The van der Waals surface area contributed by atoms with Crippen LogP contribution in [0.2, 0.25) is 18.1 Å². The Morgan fingerprint density at radius 1 is 1.09 bits per heavy atom. The molecule has 0 radical (unpaired) electrons. The topological polar surface area (TPSA) is 38.7 Å². The van der Waals surface area contributed by atoms with Gasteiger partial charge in [-0.05, 0) is 51.0 Å². The van der Waals surface area contributed by atoms with E-state index in [2.05, 4.69) is 38.3 Å². The SMILES string of the molecule is CC(C)(C)[S@@](=O)N=Cc1ccccc1O[Si](C)(C)C(C)(C)C. The minimum absolute atomic E-state index is 0.130. The molecule has 3 nitrogen and oxygen atoms in total. The average Bonchev–Trinajstić information content (AvgIpc) is 2.34. The van der Waals surface area contributed by atoms with Crippen molar-refractivity contribution in [3.05, 3.63) is 29.8 Å². The lowest BCUT2D eigenvalue weighted by Gasteiger charge is -2.36. The second kappa shape index (κ2) is 6.67. The molecule has 124 valence electrons. The van der Waals surface area contributed by atoms with Crippen LogP contribution in [0.15, 0.2) is 28.7 Å². The Morgan fingerprint density at radius 3 is 2.14 bits per heavy atom. The molecule has 0 aliphatic carbocycles. The Labute approximate surface area is 138 Å². The Morgan fingerprint density at radius 2 is 1.64 bits per heavy atom. The Hall–Kier alpha value is -0.943. The van der Waals surface area contributed by atoms with Gasteiger partial charge in [0.1, 0.15) is 16.7 Å². The summed E-state index contributed by atoms with van der Waals surface area (Å²) in [5, 5.41) is 0.130. The lowest BCUT2D eigenvalue weighted by molar-refractivity contribution is 0.491. The Balaban J connectivity index is 3.06. The third-order valence-electron chi connectivity index (χ3n) is 3.90. The second-order valence-corrected chi connectivity index (χ2v) is 14.7. The smallest absolute Gasteiger partial charge is 0.250 e. The molecule has 0 aromatic heterocycles. The summed E-state index contributed by atoms with van der Waals surface area (Å²) in [5.41, 5.74) is 0.880. The van der Waals surface area contributed by atoms with E-state index in [0.717, 1.165) is 11.3 Å². The van der Waals surface area contributed by atoms with E-state index in [4.69, 9.17) is 4.43 Å². The molecule has 0 aliphatic rings. The summed E-state index contributed by atoms with van der Waals surface area (Å²) in [6.07, 6.45) is 1.67. The predicted octanol–water partition coefficient (Wildman–Crippen LogP) is 4.95. The van der Waals surface area contributed by atoms with E-state index in [-0.39, 0.29) is 9.79 Å². The molecule has 0 heterocycles. The summed E-state index contributed by atoms with van der Waals surface area (Å²) in [6, 6.07) is 7.81. The third-order valence-corrected chi connectivity index (χ3v) is 9.59. The fraction of sp³-hybridized carbons (Fsp3) is 0.588. The highest BCUT2D eigenvalue weighted by molar-refractivity contribution is 7.85. The van der Waals surface area contributed by atoms with E-state index < -0.39 is 19.3 Å². The summed E-state index contributed by atoms with van der Waals surface area (Å²) in [6.45, 7) is 16.8. The lowest BCUT2D eigenvalue weighted by atomic mass is 10.2. The third kappa shape index (κ3) is 5.06. The van der Waals surface area contributed by atoms with Gasteiger partial charge in [-0.1, -0.05) is 32.9 Å². The fourth-order valence-corrected chi connectivity index (χ4v) is 2.94. The van der Waals surface area contributed by atoms with Gasteiger partial charge < -0.3 is 4.43 Å². The number of benzene rings is 1. The van der Waals surface area contributed by atoms with Crippen molar-refractivity contribution < 1.29 is 8.63 Å². The summed E-state index contributed by atoms with van der Waals surface area (Å²) >= 11 is 0. The average molecular weight is 340 g/mol. The zero-order chi connectivity index (χ0) is 17.2. The molecular weight excluding hydrogens is 310 g/mol. The van der Waals surface area contributed by atoms with Gasteiger partial charge >= 0.3 is 0 Å². The van der Waals surface area contributed by atoms with Crippen LogP contribution in [0.5, 0.6) is 5.75 Å². The molecule has 0 N–H and O–H groups in total. The van der Waals surface area contributed by atoms with Crippen LogP contribution in [0.25, 0.3) is 0 Å². The van der Waals surface area contributed by atoms with E-state index in [0.29, 0.717) is 0 Å². The van der Waals surface area contributed by atoms with Gasteiger partial charge in [-0.15, -0.1) is 0 Å². The first kappa shape index (κ1) is 19.1. The minimum Gasteiger partial charge on any atom is -0.543 e. The molecule has 0 bridgehead atoms. The standard InChI is InChI=1S/C17H29NO2SSi/c1-16(2,3)21(19)18-13-14-11-9-10-12-15(14)20-22(7,8)17(4,5)6/h9-13H,1-8H3/t21-/m1/s1. The molecule has 0 spiro atoms. The maximum atomic E-state index is 12.1. The molecular formula is C17H29NO2SSi. The van der Waals surface area contributed by atoms with Crippen LogP contribution < -0.4 is 4.43 Å². The molecule has 1 atom stereocenters. The molecule has 0 saturated carbocycles. The fourth-order valence-electron chi connectivity index (χ4n) is 1.37. The van der Waals surface area contributed by atoms with Crippen molar-refractivity contribution in [3.8, 4) is 5.75 Å². The van der Waals surface area contributed by atoms with Gasteiger partial charge in [0.05, 0.1) is 4.75 Å². The van der Waals surface area contributed by atoms with Crippen LogP contribution in [0.1, 0.15) is 47.1 Å². The van der Waals surface area contributed by atoms with Crippen LogP contribution in [0, 0.1) is 0 Å². The summed E-state index contributed by atoms with van der Waals surface area (Å²) < 4.78 is 22.3. The largest absolute Gasteiger partial charge is 0.543 e. The van der Waals surface area contributed by atoms with Crippen molar-refractivity contribution in [3.63, 3.8) is 0 Å². The summed E-state index contributed by atoms with van der Waals surface area (Å²) in [7, 11) is -3.17. The molecule has 22 heavy (non-hydrogen) atoms. The minimum atomic E-state index is -1.91. The molecule has 1 aromatic carbocycles. The first-order chi connectivity index (χ1) is 9.84. The van der Waals surface area contributed by atoms with Crippen LogP contribution in [0.4, 0.5) is 0 Å². The number of rotatable bonds is 4. The molecule has 0 fully saturated rings. The summed E-state index contributed by atoms with van der Waals surface area (Å²) in [5.74, 6) is 0.823. The zero-order valence-electron chi connectivity index (χ0n) is 15.1. The number of hydrogen-bond donors (Lipinski definition) is 0. The highest BCUT2D eigenvalue weighted by Crippen LogP contribution is 2.37. The zero-order valence-corrected chi connectivity index (χ0v) is 16.9. The molecule has 0 aliphatic heterocycles.